The van der Waals surface area contributed by atoms with Gasteiger partial charge in [0.05, 0.1) is 39.8 Å². The van der Waals surface area contributed by atoms with Crippen molar-refractivity contribution in [2.24, 2.45) is 0 Å². The first kappa shape index (κ1) is 11.1. The average molecular weight is 641 g/mol. The van der Waals surface area contributed by atoms with E-state index in [0.29, 0.717) is 0 Å². The lowest BCUT2D eigenvalue weighted by atomic mass is 9.94. The second-order valence-corrected chi connectivity index (χ2v) is 9.81. The van der Waals surface area contributed by atoms with Gasteiger partial charge in [-0.25, -0.2) is 15.0 Å². The van der Waals surface area contributed by atoms with E-state index >= 15 is 0 Å². The van der Waals surface area contributed by atoms with E-state index in [1.807, 2.05) is 0 Å². The largest absolute Gasteiger partial charge is 0.208 e. The standard InChI is InChI=1S/C45H29N3/c1-3-12-31(13-4-1)40-22-10-18-32-19-11-23-41(42(32)40)45-47-43(33-15-5-2-6-16-33)46-44(48-45)37-27-25-34-28-36(26-24-35(34)29-37)39-21-9-17-30-14-7-8-20-38(30)39/h1-29H/i1D,2D,3D,4D,5D,6D,7D,8D,9D,10D,11D,12D,13D,14D,15D,16D,17D,18D,19D,20D,21D,22D,23D,24D,25D,26D,27D,28D,29D. The average Bonchev–Trinajstić information content (AvgIpc) is 3.46. The lowest BCUT2D eigenvalue weighted by Gasteiger charge is -2.14. The third-order valence-corrected chi connectivity index (χ3v) is 6.99. The Hall–Kier alpha value is -6.45. The maximum atomic E-state index is 9.57. The highest BCUT2D eigenvalue weighted by Gasteiger charge is 2.17. The van der Waals surface area contributed by atoms with E-state index in [0.717, 1.165) is 0 Å². The predicted molar refractivity (Wildman–Crippen MR) is 200 cm³/mol. The molecular weight excluding hydrogens is 583 g/mol. The van der Waals surface area contributed by atoms with E-state index in [1.54, 1.807) is 0 Å². The smallest absolute Gasteiger partial charge is 0.164 e. The normalized spacial score (nSPS) is 19.8. The molecule has 0 spiro atoms. The Bertz CT molecular complexity index is 4200. The van der Waals surface area contributed by atoms with Crippen LogP contribution in [0.15, 0.2) is 175 Å². The Balaban J connectivity index is 1.48. The van der Waals surface area contributed by atoms with Crippen molar-refractivity contribution in [3.63, 3.8) is 0 Å². The fourth-order valence-electron chi connectivity index (χ4n) is 4.88. The molecule has 3 nitrogen and oxygen atoms in total. The highest BCUT2D eigenvalue weighted by molar-refractivity contribution is 6.06. The number of hydrogen-bond donors (Lipinski definition) is 0. The van der Waals surface area contributed by atoms with Gasteiger partial charge in [0.1, 0.15) is 0 Å². The van der Waals surface area contributed by atoms with Crippen LogP contribution in [-0.4, -0.2) is 15.0 Å². The summed E-state index contributed by atoms with van der Waals surface area (Å²) in [6.07, 6.45) is 0. The SMILES string of the molecule is [2H]c1c([2H])c([2H])c(-c2nc(-c3c([2H])c([2H])c4c([2H])c(-c5c([2H])c([2H])c([2H])c6c([2H])c([2H])c([2H])c([2H])c56)c([2H])c([2H])c4c3[2H])nc(-c3c([2H])c([2H])c([2H])c4c([2H])c([2H])c([2H])c(-c5c([2H])c([2H])c([2H])c([2H])c5[2H])c34)n2)c([2H])c1[2H]. The third kappa shape index (κ3) is 4.99. The summed E-state index contributed by atoms with van der Waals surface area (Å²) in [5.41, 5.74) is -5.47. The minimum Gasteiger partial charge on any atom is -0.208 e. The van der Waals surface area contributed by atoms with Crippen LogP contribution in [0.1, 0.15) is 39.8 Å². The third-order valence-electron chi connectivity index (χ3n) is 6.99. The quantitative estimate of drug-likeness (QED) is 0.188. The van der Waals surface area contributed by atoms with Gasteiger partial charge in [0, 0.05) is 22.1 Å². The molecule has 0 aliphatic heterocycles. The van der Waals surface area contributed by atoms with Crippen molar-refractivity contribution in [3.05, 3.63) is 175 Å². The minimum atomic E-state index is -1.07. The molecule has 0 saturated carbocycles. The summed E-state index contributed by atoms with van der Waals surface area (Å²) in [5.74, 6) is -2.80. The van der Waals surface area contributed by atoms with Crippen LogP contribution in [0.25, 0.3) is 88.7 Å². The summed E-state index contributed by atoms with van der Waals surface area (Å²) < 4.78 is 256. The zero-order chi connectivity index (χ0) is 57.1. The van der Waals surface area contributed by atoms with Crippen LogP contribution in [0.2, 0.25) is 0 Å². The Kier molecular flexibility index (Phi) is 2.70. The second-order valence-electron chi connectivity index (χ2n) is 9.81. The zero-order valence-corrected chi connectivity index (χ0v) is 23.8. The molecule has 9 rings (SSSR count). The molecule has 48 heavy (non-hydrogen) atoms. The summed E-state index contributed by atoms with van der Waals surface area (Å²) in [6.45, 7) is 0. The van der Waals surface area contributed by atoms with Crippen molar-refractivity contribution in [2.75, 3.05) is 0 Å². The van der Waals surface area contributed by atoms with Gasteiger partial charge < -0.3 is 0 Å². The molecule has 1 aromatic heterocycles. The number of rotatable bonds is 5. The van der Waals surface area contributed by atoms with E-state index in [9.17, 15) is 9.60 Å². The van der Waals surface area contributed by atoms with Crippen LogP contribution in [0, 0.1) is 0 Å². The molecule has 0 amide bonds. The maximum Gasteiger partial charge on any atom is 0.164 e. The van der Waals surface area contributed by atoms with E-state index in [2.05, 4.69) is 15.0 Å². The molecule has 0 N–H and O–H groups in total. The molecule has 0 aliphatic carbocycles. The molecule has 224 valence electrons. The number of aromatic nitrogens is 3. The van der Waals surface area contributed by atoms with E-state index in [4.69, 9.17) is 30.2 Å². The first-order valence-electron chi connectivity index (χ1n) is 28.3. The second kappa shape index (κ2) is 11.7. The Labute approximate surface area is 319 Å². The molecular formula is C45H29N3. The highest BCUT2D eigenvalue weighted by atomic mass is 15.0. The lowest BCUT2D eigenvalue weighted by molar-refractivity contribution is 1.08. The molecule has 9 aromatic rings. The Morgan fingerprint density at radius 2 is 0.833 bits per heavy atom. The molecule has 0 atom stereocenters. The molecule has 0 fully saturated rings. The lowest BCUT2D eigenvalue weighted by Crippen LogP contribution is -2.01. The van der Waals surface area contributed by atoms with Crippen molar-refractivity contribution in [2.45, 2.75) is 0 Å². The van der Waals surface area contributed by atoms with Gasteiger partial charge >= 0.3 is 0 Å². The summed E-state index contributed by atoms with van der Waals surface area (Å²) in [6, 6.07) is -27.3. The van der Waals surface area contributed by atoms with E-state index in [-0.39, 0.29) is 0 Å². The number of hydrogen-bond acceptors (Lipinski definition) is 3. The monoisotopic (exact) mass is 640 g/mol. The van der Waals surface area contributed by atoms with Gasteiger partial charge in [-0.1, -0.05) is 163 Å². The van der Waals surface area contributed by atoms with E-state index < -0.39 is 264 Å². The summed E-state index contributed by atoms with van der Waals surface area (Å²) in [5, 5.41) is -4.07. The summed E-state index contributed by atoms with van der Waals surface area (Å²) in [4.78, 5) is 13.0. The topological polar surface area (TPSA) is 38.7 Å². The van der Waals surface area contributed by atoms with Crippen molar-refractivity contribution < 1.29 is 39.8 Å². The molecule has 0 aliphatic rings. The summed E-state index contributed by atoms with van der Waals surface area (Å²) in [7, 11) is 0. The molecule has 0 saturated heterocycles. The zero-order valence-electron chi connectivity index (χ0n) is 52.8. The highest BCUT2D eigenvalue weighted by Crippen LogP contribution is 2.37. The first-order valence-corrected chi connectivity index (χ1v) is 13.8. The van der Waals surface area contributed by atoms with Gasteiger partial charge in [-0.05, 0) is 61.3 Å². The molecule has 0 unspecified atom stereocenters. The van der Waals surface area contributed by atoms with Crippen molar-refractivity contribution in [1.82, 2.24) is 15.0 Å². The summed E-state index contributed by atoms with van der Waals surface area (Å²) >= 11 is 0. The predicted octanol–water partition coefficient (Wildman–Crippen LogP) is 11.7. The fraction of sp³-hybridized carbons (Fsp3) is 0. The van der Waals surface area contributed by atoms with E-state index in [1.165, 1.54) is 0 Å². The van der Waals surface area contributed by atoms with Gasteiger partial charge in [-0.3, -0.25) is 0 Å². The van der Waals surface area contributed by atoms with Crippen LogP contribution in [-0.2, 0) is 0 Å². The molecule has 3 heteroatoms. The van der Waals surface area contributed by atoms with Gasteiger partial charge in [-0.15, -0.1) is 0 Å². The minimum absolute atomic E-state index is 0.571. The Morgan fingerprint density at radius 1 is 0.312 bits per heavy atom. The Morgan fingerprint density at radius 3 is 1.58 bits per heavy atom. The van der Waals surface area contributed by atoms with Crippen LogP contribution in [0.4, 0.5) is 0 Å². The number of nitrogens with zero attached hydrogens (tertiary/aromatic N) is 3. The molecule has 0 radical (unpaired) electrons. The number of benzene rings is 8. The van der Waals surface area contributed by atoms with Crippen LogP contribution in [0.3, 0.4) is 0 Å². The molecule has 8 aromatic carbocycles. The maximum absolute atomic E-state index is 9.57. The van der Waals surface area contributed by atoms with Crippen LogP contribution in [0.5, 0.6) is 0 Å². The first-order chi connectivity index (χ1) is 35.9. The van der Waals surface area contributed by atoms with Gasteiger partial charge in [0.15, 0.2) is 17.5 Å². The van der Waals surface area contributed by atoms with Gasteiger partial charge in [-0.2, -0.15) is 0 Å². The van der Waals surface area contributed by atoms with Crippen LogP contribution < -0.4 is 0 Å². The van der Waals surface area contributed by atoms with Crippen molar-refractivity contribution in [3.8, 4) is 56.4 Å². The fourth-order valence-corrected chi connectivity index (χ4v) is 4.88. The van der Waals surface area contributed by atoms with Gasteiger partial charge in [0.2, 0.25) is 0 Å². The molecule has 0 bridgehead atoms. The van der Waals surface area contributed by atoms with Crippen LogP contribution >= 0.6 is 0 Å². The van der Waals surface area contributed by atoms with Crippen molar-refractivity contribution >= 4 is 32.3 Å². The number of fused-ring (bicyclic) bond motifs is 3. The van der Waals surface area contributed by atoms with Gasteiger partial charge in [0.25, 0.3) is 0 Å². The van der Waals surface area contributed by atoms with Crippen molar-refractivity contribution in [1.29, 1.82) is 0 Å². The molecule has 1 heterocycles.